The Labute approximate surface area is 179 Å². The minimum atomic E-state index is -0.893. The Morgan fingerprint density at radius 3 is 2.52 bits per heavy atom. The highest BCUT2D eigenvalue weighted by atomic mass is 16.6. The van der Waals surface area contributed by atoms with Crippen LogP contribution in [0.3, 0.4) is 0 Å². The minimum absolute atomic E-state index is 0.149. The standard InChI is InChI=1S/C21H24N4O6/c1-30-18-7-5-15(6-8-18)19(24-9-11-31-12-10-24)14-22-20(26)21(27)23-16-3-2-4-17(13-16)25(28)29/h2-8,13,19H,9-12,14H2,1H3,(H,22,26)(H,23,27)/t19-/m1/s1. The zero-order valence-electron chi connectivity index (χ0n) is 17.1. The van der Waals surface area contributed by atoms with E-state index in [1.165, 1.54) is 24.3 Å². The molecule has 0 spiro atoms. The Hall–Kier alpha value is -3.50. The maximum absolute atomic E-state index is 12.4. The van der Waals surface area contributed by atoms with Crippen LogP contribution in [0.5, 0.6) is 5.75 Å². The quantitative estimate of drug-likeness (QED) is 0.391. The lowest BCUT2D eigenvalue weighted by molar-refractivity contribution is -0.384. The van der Waals surface area contributed by atoms with Crippen molar-refractivity contribution in [1.29, 1.82) is 0 Å². The normalized spacial score (nSPS) is 15.0. The number of hydrogen-bond donors (Lipinski definition) is 2. The highest BCUT2D eigenvalue weighted by Crippen LogP contribution is 2.24. The van der Waals surface area contributed by atoms with Crippen LogP contribution < -0.4 is 15.4 Å². The maximum Gasteiger partial charge on any atom is 0.313 e. The van der Waals surface area contributed by atoms with Gasteiger partial charge in [0.15, 0.2) is 0 Å². The molecule has 1 saturated heterocycles. The fourth-order valence-corrected chi connectivity index (χ4v) is 3.33. The summed E-state index contributed by atoms with van der Waals surface area (Å²) in [4.78, 5) is 37.1. The fourth-order valence-electron chi connectivity index (χ4n) is 3.33. The van der Waals surface area contributed by atoms with Gasteiger partial charge in [0, 0.05) is 37.5 Å². The number of nitro groups is 1. The van der Waals surface area contributed by atoms with Crippen LogP contribution in [0.4, 0.5) is 11.4 Å². The topological polar surface area (TPSA) is 123 Å². The molecular formula is C21H24N4O6. The van der Waals surface area contributed by atoms with E-state index in [0.29, 0.717) is 26.3 Å². The van der Waals surface area contributed by atoms with Crippen molar-refractivity contribution in [1.82, 2.24) is 10.2 Å². The molecule has 1 fully saturated rings. The van der Waals surface area contributed by atoms with Crippen molar-refractivity contribution in [3.8, 4) is 5.75 Å². The number of non-ortho nitro benzene ring substituents is 1. The van der Waals surface area contributed by atoms with Gasteiger partial charge in [-0.1, -0.05) is 18.2 Å². The molecule has 0 aliphatic carbocycles. The van der Waals surface area contributed by atoms with Gasteiger partial charge in [0.25, 0.3) is 5.69 Å². The summed E-state index contributed by atoms with van der Waals surface area (Å²) in [5.41, 5.74) is 0.974. The molecule has 1 aliphatic heterocycles. The molecule has 3 rings (SSSR count). The van der Waals surface area contributed by atoms with Gasteiger partial charge in [0.05, 0.1) is 31.3 Å². The van der Waals surface area contributed by atoms with Gasteiger partial charge in [-0.3, -0.25) is 24.6 Å². The molecule has 1 aliphatic rings. The van der Waals surface area contributed by atoms with Crippen LogP contribution in [-0.4, -0.2) is 61.6 Å². The zero-order valence-corrected chi connectivity index (χ0v) is 17.1. The molecule has 2 N–H and O–H groups in total. The van der Waals surface area contributed by atoms with E-state index < -0.39 is 16.7 Å². The lowest BCUT2D eigenvalue weighted by Gasteiger charge is -2.34. The van der Waals surface area contributed by atoms with E-state index >= 15 is 0 Å². The molecule has 10 nitrogen and oxygen atoms in total. The summed E-state index contributed by atoms with van der Waals surface area (Å²) in [5, 5.41) is 15.9. The number of nitrogens with zero attached hydrogens (tertiary/aromatic N) is 2. The third-order valence-electron chi connectivity index (χ3n) is 4.96. The summed E-state index contributed by atoms with van der Waals surface area (Å²) in [7, 11) is 1.59. The first-order valence-corrected chi connectivity index (χ1v) is 9.77. The number of nitrogens with one attached hydrogen (secondary N) is 2. The molecule has 0 bridgehead atoms. The number of carbonyl (C=O) groups is 2. The number of amides is 2. The zero-order chi connectivity index (χ0) is 22.2. The second-order valence-corrected chi connectivity index (χ2v) is 6.91. The number of benzene rings is 2. The van der Waals surface area contributed by atoms with Crippen molar-refractivity contribution in [2.24, 2.45) is 0 Å². The molecule has 0 aromatic heterocycles. The Morgan fingerprint density at radius 1 is 1.16 bits per heavy atom. The summed E-state index contributed by atoms with van der Waals surface area (Å²) in [6.07, 6.45) is 0. The summed E-state index contributed by atoms with van der Waals surface area (Å²) in [6.45, 7) is 2.80. The molecule has 0 radical (unpaired) electrons. The largest absolute Gasteiger partial charge is 0.497 e. The van der Waals surface area contributed by atoms with Crippen molar-refractivity contribution in [3.63, 3.8) is 0 Å². The molecule has 2 aromatic rings. The molecule has 1 heterocycles. The highest BCUT2D eigenvalue weighted by Gasteiger charge is 2.24. The van der Waals surface area contributed by atoms with Crippen LogP contribution in [0.15, 0.2) is 48.5 Å². The van der Waals surface area contributed by atoms with Crippen LogP contribution in [0.2, 0.25) is 0 Å². The number of carbonyl (C=O) groups excluding carboxylic acids is 2. The molecule has 0 saturated carbocycles. The average molecular weight is 428 g/mol. The van der Waals surface area contributed by atoms with Gasteiger partial charge in [0.2, 0.25) is 0 Å². The van der Waals surface area contributed by atoms with Crippen LogP contribution in [0.25, 0.3) is 0 Å². The number of morpholine rings is 1. The summed E-state index contributed by atoms with van der Waals surface area (Å²) in [5.74, 6) is -0.987. The first-order valence-electron chi connectivity index (χ1n) is 9.77. The predicted molar refractivity (Wildman–Crippen MR) is 113 cm³/mol. The predicted octanol–water partition coefficient (Wildman–Crippen LogP) is 1.73. The van der Waals surface area contributed by atoms with E-state index in [0.717, 1.165) is 11.3 Å². The third-order valence-corrected chi connectivity index (χ3v) is 4.96. The lowest BCUT2D eigenvalue weighted by atomic mass is 10.0. The van der Waals surface area contributed by atoms with E-state index in [4.69, 9.17) is 9.47 Å². The van der Waals surface area contributed by atoms with Crippen LogP contribution >= 0.6 is 0 Å². The lowest BCUT2D eigenvalue weighted by Crippen LogP contribution is -2.45. The van der Waals surface area contributed by atoms with Gasteiger partial charge in [-0.25, -0.2) is 0 Å². The Kier molecular flexibility index (Phi) is 7.52. The monoisotopic (exact) mass is 428 g/mol. The van der Waals surface area contributed by atoms with E-state index in [1.807, 2.05) is 24.3 Å². The average Bonchev–Trinajstić information content (AvgIpc) is 2.80. The van der Waals surface area contributed by atoms with Gasteiger partial charge in [-0.2, -0.15) is 0 Å². The van der Waals surface area contributed by atoms with Gasteiger partial charge >= 0.3 is 11.8 Å². The number of methoxy groups -OCH3 is 1. The third kappa shape index (κ3) is 6.00. The van der Waals surface area contributed by atoms with E-state index in [2.05, 4.69) is 15.5 Å². The van der Waals surface area contributed by atoms with Crippen LogP contribution in [0, 0.1) is 10.1 Å². The van der Waals surface area contributed by atoms with Crippen molar-refractivity contribution >= 4 is 23.2 Å². The van der Waals surface area contributed by atoms with Crippen molar-refractivity contribution < 1.29 is 24.0 Å². The number of nitro benzene ring substituents is 1. The second kappa shape index (κ2) is 10.5. The van der Waals surface area contributed by atoms with Gasteiger partial charge in [-0.05, 0) is 23.8 Å². The number of rotatable bonds is 7. The summed E-state index contributed by atoms with van der Waals surface area (Å²) in [6, 6.07) is 12.8. The molecule has 2 amide bonds. The van der Waals surface area contributed by atoms with Gasteiger partial charge in [-0.15, -0.1) is 0 Å². The Balaban J connectivity index is 1.65. The summed E-state index contributed by atoms with van der Waals surface area (Å²) >= 11 is 0. The van der Waals surface area contributed by atoms with Crippen LogP contribution in [0.1, 0.15) is 11.6 Å². The molecule has 0 unspecified atom stereocenters. The second-order valence-electron chi connectivity index (χ2n) is 6.91. The number of anilines is 1. The molecule has 31 heavy (non-hydrogen) atoms. The first kappa shape index (κ1) is 22.2. The Bertz CT molecular complexity index is 928. The Morgan fingerprint density at radius 2 is 1.87 bits per heavy atom. The number of ether oxygens (including phenoxy) is 2. The molecular weight excluding hydrogens is 404 g/mol. The smallest absolute Gasteiger partial charge is 0.313 e. The minimum Gasteiger partial charge on any atom is -0.497 e. The molecule has 10 heteroatoms. The molecule has 1 atom stereocenters. The molecule has 2 aromatic carbocycles. The van der Waals surface area contributed by atoms with E-state index in [-0.39, 0.29) is 24.0 Å². The maximum atomic E-state index is 12.4. The van der Waals surface area contributed by atoms with Crippen molar-refractivity contribution in [3.05, 3.63) is 64.2 Å². The SMILES string of the molecule is COc1ccc([C@@H](CNC(=O)C(=O)Nc2cccc([N+](=O)[O-])c2)N2CCOCC2)cc1. The van der Waals surface area contributed by atoms with Gasteiger partial charge in [0.1, 0.15) is 5.75 Å². The van der Waals surface area contributed by atoms with Crippen molar-refractivity contribution in [2.75, 3.05) is 45.3 Å². The summed E-state index contributed by atoms with van der Waals surface area (Å²) < 4.78 is 10.6. The fraction of sp³-hybridized carbons (Fsp3) is 0.333. The first-order chi connectivity index (χ1) is 15.0. The van der Waals surface area contributed by atoms with E-state index in [1.54, 1.807) is 7.11 Å². The van der Waals surface area contributed by atoms with Crippen LogP contribution in [-0.2, 0) is 14.3 Å². The van der Waals surface area contributed by atoms with Gasteiger partial charge < -0.3 is 20.1 Å². The molecule has 164 valence electrons. The highest BCUT2D eigenvalue weighted by molar-refractivity contribution is 6.39. The van der Waals surface area contributed by atoms with E-state index in [9.17, 15) is 19.7 Å². The number of hydrogen-bond acceptors (Lipinski definition) is 7. The van der Waals surface area contributed by atoms with Crippen molar-refractivity contribution in [2.45, 2.75) is 6.04 Å².